The van der Waals surface area contributed by atoms with Gasteiger partial charge in [0.15, 0.2) is 0 Å². The molecule has 0 saturated carbocycles. The van der Waals surface area contributed by atoms with Gasteiger partial charge >= 0.3 is 6.03 Å². The third-order valence-corrected chi connectivity index (χ3v) is 4.63. The lowest BCUT2D eigenvalue weighted by Gasteiger charge is -2.26. The molecule has 0 aromatic heterocycles. The summed E-state index contributed by atoms with van der Waals surface area (Å²) in [6.45, 7) is 2.82. The smallest absolute Gasteiger partial charge is 0.322 e. The maximum Gasteiger partial charge on any atom is 0.322 e. The van der Waals surface area contributed by atoms with Gasteiger partial charge in [-0.3, -0.25) is 0 Å². The Morgan fingerprint density at radius 2 is 1.88 bits per heavy atom. The molecule has 2 amide bonds. The number of methoxy groups -OCH3 is 2. The fourth-order valence-corrected chi connectivity index (χ4v) is 3.23. The van der Waals surface area contributed by atoms with Gasteiger partial charge in [-0.25, -0.2) is 4.79 Å². The number of nitrogens with one attached hydrogen (secondary N) is 1. The molecule has 1 saturated heterocycles. The molecular weight excluding hydrogens is 316 g/mol. The number of ether oxygens (including phenoxy) is 2. The van der Waals surface area contributed by atoms with E-state index in [0.717, 1.165) is 19.4 Å². The van der Waals surface area contributed by atoms with Crippen molar-refractivity contribution in [3.05, 3.63) is 53.6 Å². The molecule has 0 radical (unpaired) electrons. The molecule has 1 heterocycles. The number of aryl methyl sites for hydroxylation is 1. The van der Waals surface area contributed by atoms with Crippen LogP contribution in [0.2, 0.25) is 0 Å². The van der Waals surface area contributed by atoms with Crippen LogP contribution in [0.25, 0.3) is 0 Å². The van der Waals surface area contributed by atoms with Crippen LogP contribution in [-0.2, 0) is 0 Å². The predicted octanol–water partition coefficient (Wildman–Crippen LogP) is 4.38. The number of hydrogen-bond donors (Lipinski definition) is 1. The predicted molar refractivity (Wildman–Crippen MR) is 98.4 cm³/mol. The minimum absolute atomic E-state index is 0.105. The Labute approximate surface area is 148 Å². The lowest BCUT2D eigenvalue weighted by atomic mass is 10.0. The second-order valence-corrected chi connectivity index (χ2v) is 6.26. The maximum absolute atomic E-state index is 12.8. The first-order valence-corrected chi connectivity index (χ1v) is 8.48. The van der Waals surface area contributed by atoms with Gasteiger partial charge in [0.1, 0.15) is 11.5 Å². The van der Waals surface area contributed by atoms with Gasteiger partial charge in [-0.05, 0) is 37.5 Å². The Hall–Kier alpha value is -2.69. The molecule has 0 spiro atoms. The lowest BCUT2D eigenvalue weighted by molar-refractivity contribution is 0.207. The topological polar surface area (TPSA) is 50.8 Å². The number of amides is 2. The van der Waals surface area contributed by atoms with E-state index in [9.17, 15) is 4.79 Å². The summed E-state index contributed by atoms with van der Waals surface area (Å²) in [6, 6.07) is 13.8. The quantitative estimate of drug-likeness (QED) is 0.898. The van der Waals surface area contributed by atoms with Crippen molar-refractivity contribution in [2.45, 2.75) is 25.8 Å². The number of hydrogen-bond acceptors (Lipinski definition) is 3. The van der Waals surface area contributed by atoms with Gasteiger partial charge in [0.25, 0.3) is 0 Å². The van der Waals surface area contributed by atoms with E-state index in [-0.39, 0.29) is 12.1 Å². The fraction of sp³-hybridized carbons (Fsp3) is 0.350. The monoisotopic (exact) mass is 340 g/mol. The molecule has 1 atom stereocenters. The Morgan fingerprint density at radius 3 is 2.56 bits per heavy atom. The lowest BCUT2D eigenvalue weighted by Crippen LogP contribution is -2.34. The Kier molecular flexibility index (Phi) is 5.12. The summed E-state index contributed by atoms with van der Waals surface area (Å²) < 4.78 is 10.6. The number of benzene rings is 2. The molecule has 2 aromatic rings. The number of carbonyl (C=O) groups excluding carboxylic acids is 1. The van der Waals surface area contributed by atoms with E-state index < -0.39 is 0 Å². The van der Waals surface area contributed by atoms with E-state index in [1.165, 1.54) is 11.1 Å². The van der Waals surface area contributed by atoms with Crippen molar-refractivity contribution >= 4 is 11.7 Å². The van der Waals surface area contributed by atoms with Crippen LogP contribution >= 0.6 is 0 Å². The number of rotatable bonds is 4. The molecule has 0 aliphatic carbocycles. The highest BCUT2D eigenvalue weighted by molar-refractivity contribution is 5.91. The molecule has 1 fully saturated rings. The molecular formula is C20H24N2O3. The van der Waals surface area contributed by atoms with Crippen LogP contribution in [0.1, 0.15) is 30.0 Å². The van der Waals surface area contributed by atoms with Crippen molar-refractivity contribution in [2.75, 3.05) is 26.1 Å². The maximum atomic E-state index is 12.8. The normalized spacial score (nSPS) is 16.6. The third kappa shape index (κ3) is 3.71. The van der Waals surface area contributed by atoms with Gasteiger partial charge in [-0.1, -0.05) is 29.8 Å². The van der Waals surface area contributed by atoms with Gasteiger partial charge < -0.3 is 19.7 Å². The molecule has 2 aromatic carbocycles. The number of carbonyl (C=O) groups is 1. The highest BCUT2D eigenvalue weighted by atomic mass is 16.5. The van der Waals surface area contributed by atoms with E-state index in [4.69, 9.17) is 9.47 Å². The Bertz CT molecular complexity index is 743. The first-order valence-electron chi connectivity index (χ1n) is 8.48. The zero-order valence-corrected chi connectivity index (χ0v) is 14.9. The summed E-state index contributed by atoms with van der Waals surface area (Å²) in [4.78, 5) is 14.7. The van der Waals surface area contributed by atoms with Crippen molar-refractivity contribution < 1.29 is 14.3 Å². The first kappa shape index (κ1) is 17.1. The van der Waals surface area contributed by atoms with Crippen LogP contribution in [-0.4, -0.2) is 31.7 Å². The summed E-state index contributed by atoms with van der Waals surface area (Å²) in [6.07, 6.45) is 1.99. The average Bonchev–Trinajstić information content (AvgIpc) is 3.12. The minimum Gasteiger partial charge on any atom is -0.497 e. The summed E-state index contributed by atoms with van der Waals surface area (Å²) in [5.41, 5.74) is 3.04. The average molecular weight is 340 g/mol. The van der Waals surface area contributed by atoms with Gasteiger partial charge in [0.05, 0.1) is 25.9 Å². The van der Waals surface area contributed by atoms with E-state index >= 15 is 0 Å². The molecule has 0 bridgehead atoms. The molecule has 25 heavy (non-hydrogen) atoms. The second-order valence-electron chi connectivity index (χ2n) is 6.26. The van der Waals surface area contributed by atoms with Crippen molar-refractivity contribution in [2.24, 2.45) is 0 Å². The van der Waals surface area contributed by atoms with Gasteiger partial charge in [-0.15, -0.1) is 0 Å². The fourth-order valence-electron chi connectivity index (χ4n) is 3.23. The molecule has 5 heteroatoms. The van der Waals surface area contributed by atoms with E-state index in [1.807, 2.05) is 4.90 Å². The van der Waals surface area contributed by atoms with E-state index in [1.54, 1.807) is 32.4 Å². The summed E-state index contributed by atoms with van der Waals surface area (Å²) in [7, 11) is 3.18. The van der Waals surface area contributed by atoms with E-state index in [0.29, 0.717) is 17.2 Å². The van der Waals surface area contributed by atoms with Crippen LogP contribution in [0.3, 0.4) is 0 Å². The molecule has 132 valence electrons. The molecule has 3 rings (SSSR count). The molecule has 1 aliphatic heterocycles. The zero-order chi connectivity index (χ0) is 17.8. The van der Waals surface area contributed by atoms with Crippen LogP contribution in [0.15, 0.2) is 42.5 Å². The molecule has 0 unspecified atom stereocenters. The third-order valence-electron chi connectivity index (χ3n) is 4.63. The second kappa shape index (κ2) is 7.47. The Balaban J connectivity index is 1.77. The minimum atomic E-state index is -0.105. The van der Waals surface area contributed by atoms with Crippen molar-refractivity contribution in [1.29, 1.82) is 0 Å². The van der Waals surface area contributed by atoms with Crippen LogP contribution < -0.4 is 14.8 Å². The van der Waals surface area contributed by atoms with Crippen molar-refractivity contribution in [1.82, 2.24) is 4.90 Å². The van der Waals surface area contributed by atoms with Gasteiger partial charge in [0.2, 0.25) is 0 Å². The van der Waals surface area contributed by atoms with E-state index in [2.05, 4.69) is 36.5 Å². The zero-order valence-electron chi connectivity index (χ0n) is 14.9. The molecule has 5 nitrogen and oxygen atoms in total. The van der Waals surface area contributed by atoms with Crippen LogP contribution in [0, 0.1) is 6.92 Å². The number of nitrogens with zero attached hydrogens (tertiary/aromatic N) is 1. The summed E-state index contributed by atoms with van der Waals surface area (Å²) >= 11 is 0. The number of urea groups is 1. The highest BCUT2D eigenvalue weighted by Gasteiger charge is 2.30. The summed E-state index contributed by atoms with van der Waals surface area (Å²) in [5, 5.41) is 2.97. The highest BCUT2D eigenvalue weighted by Crippen LogP contribution is 2.34. The van der Waals surface area contributed by atoms with Gasteiger partial charge in [-0.2, -0.15) is 0 Å². The number of anilines is 1. The van der Waals surface area contributed by atoms with Gasteiger partial charge in [0, 0.05) is 12.6 Å². The van der Waals surface area contributed by atoms with Crippen molar-refractivity contribution in [3.8, 4) is 11.5 Å². The Morgan fingerprint density at radius 1 is 1.12 bits per heavy atom. The first-order chi connectivity index (χ1) is 12.1. The largest absolute Gasteiger partial charge is 0.497 e. The standard InChI is InChI=1S/C20H24N2O3/c1-14-6-8-15(9-7-14)18-5-4-12-22(18)20(23)21-17-11-10-16(24-2)13-19(17)25-3/h6-11,13,18H,4-5,12H2,1-3H3,(H,21,23)/t18-/m0/s1. The molecule has 1 N–H and O–H groups in total. The van der Waals surface area contributed by atoms with Crippen molar-refractivity contribution in [3.63, 3.8) is 0 Å². The van der Waals surface area contributed by atoms with Crippen LogP contribution in [0.4, 0.5) is 10.5 Å². The van der Waals surface area contributed by atoms with Crippen LogP contribution in [0.5, 0.6) is 11.5 Å². The number of likely N-dealkylation sites (tertiary alicyclic amines) is 1. The SMILES string of the molecule is COc1ccc(NC(=O)N2CCC[C@H]2c2ccc(C)cc2)c(OC)c1. The summed E-state index contributed by atoms with van der Waals surface area (Å²) in [5.74, 6) is 1.27. The molecule has 1 aliphatic rings.